The van der Waals surface area contributed by atoms with Gasteiger partial charge in [0.25, 0.3) is 0 Å². The molecule has 0 aliphatic carbocycles. The van der Waals surface area contributed by atoms with Crippen molar-refractivity contribution in [3.63, 3.8) is 0 Å². The number of alkyl halides is 3. The van der Waals surface area contributed by atoms with E-state index in [1.165, 1.54) is 6.07 Å². The first-order valence-electron chi connectivity index (χ1n) is 7.18. The van der Waals surface area contributed by atoms with Crippen LogP contribution in [0, 0.1) is 0 Å². The number of aromatic nitrogens is 4. The average molecular weight is 328 g/mol. The first-order valence-corrected chi connectivity index (χ1v) is 7.18. The van der Waals surface area contributed by atoms with E-state index in [4.69, 9.17) is 0 Å². The second kappa shape index (κ2) is 5.23. The SMILES string of the molecule is FC(F)(F)c1cccc(-c2ccn(-c3ccnc4[nH]ccc34)n2)c1. The van der Waals surface area contributed by atoms with Crippen LogP contribution in [0.2, 0.25) is 0 Å². The summed E-state index contributed by atoms with van der Waals surface area (Å²) in [6, 6.07) is 10.5. The molecule has 0 aliphatic heterocycles. The molecule has 1 aromatic carbocycles. The third-order valence-corrected chi connectivity index (χ3v) is 3.76. The second-order valence-corrected chi connectivity index (χ2v) is 5.29. The quantitative estimate of drug-likeness (QED) is 0.591. The highest BCUT2D eigenvalue weighted by Gasteiger charge is 2.30. The topological polar surface area (TPSA) is 46.5 Å². The largest absolute Gasteiger partial charge is 0.416 e. The van der Waals surface area contributed by atoms with Gasteiger partial charge >= 0.3 is 6.18 Å². The lowest BCUT2D eigenvalue weighted by atomic mass is 10.1. The second-order valence-electron chi connectivity index (χ2n) is 5.29. The van der Waals surface area contributed by atoms with Gasteiger partial charge in [0.15, 0.2) is 0 Å². The van der Waals surface area contributed by atoms with Crippen LogP contribution in [-0.4, -0.2) is 19.7 Å². The van der Waals surface area contributed by atoms with Gasteiger partial charge in [0, 0.05) is 29.5 Å². The number of nitrogens with zero attached hydrogens (tertiary/aromatic N) is 3. The molecule has 0 atom stereocenters. The molecule has 4 nitrogen and oxygen atoms in total. The minimum absolute atomic E-state index is 0.419. The molecule has 0 saturated carbocycles. The number of benzene rings is 1. The lowest BCUT2D eigenvalue weighted by molar-refractivity contribution is -0.137. The Morgan fingerprint density at radius 1 is 1.04 bits per heavy atom. The van der Waals surface area contributed by atoms with Gasteiger partial charge in [-0.25, -0.2) is 9.67 Å². The van der Waals surface area contributed by atoms with E-state index in [1.807, 2.05) is 6.07 Å². The highest BCUT2D eigenvalue weighted by atomic mass is 19.4. The zero-order valence-electron chi connectivity index (χ0n) is 12.2. The Bertz CT molecular complexity index is 1010. The highest BCUT2D eigenvalue weighted by molar-refractivity contribution is 5.84. The summed E-state index contributed by atoms with van der Waals surface area (Å²) < 4.78 is 40.2. The number of pyridine rings is 1. The van der Waals surface area contributed by atoms with E-state index in [1.54, 1.807) is 41.5 Å². The minimum Gasteiger partial charge on any atom is -0.346 e. The van der Waals surface area contributed by atoms with Crippen LogP contribution >= 0.6 is 0 Å². The number of fused-ring (bicyclic) bond motifs is 1. The predicted molar refractivity (Wildman–Crippen MR) is 83.7 cm³/mol. The van der Waals surface area contributed by atoms with Gasteiger partial charge < -0.3 is 4.98 Å². The van der Waals surface area contributed by atoms with E-state index in [0.29, 0.717) is 11.3 Å². The molecule has 0 saturated heterocycles. The smallest absolute Gasteiger partial charge is 0.346 e. The van der Waals surface area contributed by atoms with E-state index in [-0.39, 0.29) is 0 Å². The standard InChI is InChI=1S/C17H11F3N4/c18-17(19,20)12-3-1-2-11(10-12)14-6-9-24(23-14)15-5-8-22-16-13(15)4-7-21-16/h1-10H,(H,21,22). The zero-order valence-corrected chi connectivity index (χ0v) is 12.2. The van der Waals surface area contributed by atoms with E-state index in [9.17, 15) is 13.2 Å². The van der Waals surface area contributed by atoms with Crippen LogP contribution < -0.4 is 0 Å². The van der Waals surface area contributed by atoms with Crippen LogP contribution in [0.25, 0.3) is 28.0 Å². The van der Waals surface area contributed by atoms with Crippen molar-refractivity contribution in [2.75, 3.05) is 0 Å². The van der Waals surface area contributed by atoms with Crippen molar-refractivity contribution >= 4 is 11.0 Å². The Hall–Kier alpha value is -3.09. The molecule has 1 N–H and O–H groups in total. The molecular weight excluding hydrogens is 317 g/mol. The summed E-state index contributed by atoms with van der Waals surface area (Å²) in [6.07, 6.45) is 0.774. The Kier molecular flexibility index (Phi) is 3.16. The van der Waals surface area contributed by atoms with E-state index < -0.39 is 11.7 Å². The molecule has 4 aromatic rings. The fourth-order valence-corrected chi connectivity index (χ4v) is 2.61. The van der Waals surface area contributed by atoms with Gasteiger partial charge in [0.2, 0.25) is 0 Å². The molecule has 24 heavy (non-hydrogen) atoms. The van der Waals surface area contributed by atoms with Crippen molar-refractivity contribution in [2.24, 2.45) is 0 Å². The Morgan fingerprint density at radius 2 is 1.92 bits per heavy atom. The van der Waals surface area contributed by atoms with Gasteiger partial charge in [0.1, 0.15) is 5.65 Å². The van der Waals surface area contributed by atoms with Gasteiger partial charge in [-0.15, -0.1) is 0 Å². The Morgan fingerprint density at radius 3 is 2.75 bits per heavy atom. The maximum Gasteiger partial charge on any atom is 0.416 e. The molecule has 7 heteroatoms. The van der Waals surface area contributed by atoms with Crippen LogP contribution in [0.1, 0.15) is 5.56 Å². The molecule has 120 valence electrons. The lowest BCUT2D eigenvalue weighted by Crippen LogP contribution is -2.04. The Labute approximate surface area is 134 Å². The van der Waals surface area contributed by atoms with Crippen molar-refractivity contribution in [3.8, 4) is 16.9 Å². The van der Waals surface area contributed by atoms with Gasteiger partial charge in [0.05, 0.1) is 16.9 Å². The van der Waals surface area contributed by atoms with Crippen LogP contribution in [0.15, 0.2) is 61.1 Å². The van der Waals surface area contributed by atoms with E-state index in [2.05, 4.69) is 15.1 Å². The van der Waals surface area contributed by atoms with Gasteiger partial charge in [-0.2, -0.15) is 18.3 Å². The number of hydrogen-bond donors (Lipinski definition) is 1. The molecular formula is C17H11F3N4. The van der Waals surface area contributed by atoms with Crippen molar-refractivity contribution < 1.29 is 13.2 Å². The number of hydrogen-bond acceptors (Lipinski definition) is 2. The normalized spacial score (nSPS) is 12.0. The Balaban J connectivity index is 1.77. The zero-order chi connectivity index (χ0) is 16.7. The summed E-state index contributed by atoms with van der Waals surface area (Å²) in [4.78, 5) is 7.22. The molecule has 0 bridgehead atoms. The van der Waals surface area contributed by atoms with Crippen LogP contribution in [0.4, 0.5) is 13.2 Å². The van der Waals surface area contributed by atoms with Gasteiger partial charge in [-0.3, -0.25) is 0 Å². The average Bonchev–Trinajstić information content (AvgIpc) is 3.23. The fourth-order valence-electron chi connectivity index (χ4n) is 2.61. The summed E-state index contributed by atoms with van der Waals surface area (Å²) in [5.41, 5.74) is 1.74. The van der Waals surface area contributed by atoms with Crippen molar-refractivity contribution in [1.82, 2.24) is 19.7 Å². The van der Waals surface area contributed by atoms with Gasteiger partial charge in [-0.1, -0.05) is 12.1 Å². The van der Waals surface area contributed by atoms with Crippen molar-refractivity contribution in [1.29, 1.82) is 0 Å². The molecule has 0 radical (unpaired) electrons. The molecule has 0 spiro atoms. The van der Waals surface area contributed by atoms with Crippen LogP contribution in [-0.2, 0) is 6.18 Å². The molecule has 3 aromatic heterocycles. The highest BCUT2D eigenvalue weighted by Crippen LogP contribution is 2.32. The maximum absolute atomic E-state index is 12.9. The first kappa shape index (κ1) is 14.5. The first-order chi connectivity index (χ1) is 11.5. The number of aromatic amines is 1. The summed E-state index contributed by atoms with van der Waals surface area (Å²) in [5, 5.41) is 5.30. The van der Waals surface area contributed by atoms with Crippen molar-refractivity contribution in [3.05, 3.63) is 66.6 Å². The molecule has 0 amide bonds. The lowest BCUT2D eigenvalue weighted by Gasteiger charge is -2.07. The van der Waals surface area contributed by atoms with Gasteiger partial charge in [-0.05, 0) is 30.3 Å². The fraction of sp³-hybridized carbons (Fsp3) is 0.0588. The maximum atomic E-state index is 12.9. The van der Waals surface area contributed by atoms with E-state index >= 15 is 0 Å². The van der Waals surface area contributed by atoms with Crippen LogP contribution in [0.3, 0.4) is 0 Å². The summed E-state index contributed by atoms with van der Waals surface area (Å²) in [7, 11) is 0. The molecule has 3 heterocycles. The number of rotatable bonds is 2. The molecule has 4 rings (SSSR count). The molecule has 0 aliphatic rings. The summed E-state index contributed by atoms with van der Waals surface area (Å²) >= 11 is 0. The summed E-state index contributed by atoms with van der Waals surface area (Å²) in [6.45, 7) is 0. The van der Waals surface area contributed by atoms with E-state index in [0.717, 1.165) is 28.9 Å². The number of nitrogens with one attached hydrogen (secondary N) is 1. The molecule has 0 unspecified atom stereocenters. The third kappa shape index (κ3) is 2.44. The third-order valence-electron chi connectivity index (χ3n) is 3.76. The minimum atomic E-state index is -4.37. The summed E-state index contributed by atoms with van der Waals surface area (Å²) in [5.74, 6) is 0. The van der Waals surface area contributed by atoms with Crippen molar-refractivity contribution in [2.45, 2.75) is 6.18 Å². The van der Waals surface area contributed by atoms with Crippen LogP contribution in [0.5, 0.6) is 0 Å². The molecule has 0 fully saturated rings. The predicted octanol–water partition coefficient (Wildman–Crippen LogP) is 4.43. The number of halogens is 3. The number of H-pyrrole nitrogens is 1. The monoisotopic (exact) mass is 328 g/mol.